The third kappa shape index (κ3) is 4.69. The molecule has 156 valence electrons. The zero-order valence-corrected chi connectivity index (χ0v) is 17.6. The highest BCUT2D eigenvalue weighted by Crippen LogP contribution is 2.38. The number of carbonyl (C=O) groups excluding carboxylic acids is 1. The fourth-order valence-electron chi connectivity index (χ4n) is 3.48. The van der Waals surface area contributed by atoms with Crippen LogP contribution in [0.4, 0.5) is 0 Å². The molecule has 0 unspecified atom stereocenters. The van der Waals surface area contributed by atoms with Crippen molar-refractivity contribution in [2.45, 2.75) is 13.8 Å². The van der Waals surface area contributed by atoms with E-state index in [9.17, 15) is 4.79 Å². The van der Waals surface area contributed by atoms with E-state index in [2.05, 4.69) is 0 Å². The highest BCUT2D eigenvalue weighted by molar-refractivity contribution is 6.15. The minimum absolute atomic E-state index is 0.130. The number of para-hydroxylation sites is 1. The first kappa shape index (κ1) is 20.5. The van der Waals surface area contributed by atoms with Gasteiger partial charge in [0.2, 0.25) is 5.78 Å². The van der Waals surface area contributed by atoms with Crippen LogP contribution in [-0.4, -0.2) is 19.0 Å². The van der Waals surface area contributed by atoms with Crippen LogP contribution < -0.4 is 14.2 Å². The molecule has 0 aromatic heterocycles. The van der Waals surface area contributed by atoms with Gasteiger partial charge in [-0.25, -0.2) is 0 Å². The van der Waals surface area contributed by atoms with E-state index < -0.39 is 0 Å². The second kappa shape index (κ2) is 9.35. The summed E-state index contributed by atoms with van der Waals surface area (Å²) in [6.45, 7) is 4.79. The highest BCUT2D eigenvalue weighted by Gasteiger charge is 2.30. The van der Waals surface area contributed by atoms with Crippen LogP contribution in [0.2, 0.25) is 0 Å². The second-order valence-corrected chi connectivity index (χ2v) is 7.15. The lowest BCUT2D eigenvalue weighted by atomic mass is 10.0. The summed E-state index contributed by atoms with van der Waals surface area (Å²) in [4.78, 5) is 12.9. The van der Waals surface area contributed by atoms with Crippen LogP contribution in [0.15, 0.2) is 78.6 Å². The molecule has 0 saturated carbocycles. The van der Waals surface area contributed by atoms with Gasteiger partial charge in [-0.3, -0.25) is 4.79 Å². The average Bonchev–Trinajstić information content (AvgIpc) is 3.09. The normalized spacial score (nSPS) is 14.0. The lowest BCUT2D eigenvalue weighted by Crippen LogP contribution is -2.01. The Morgan fingerprint density at radius 3 is 2.55 bits per heavy atom. The van der Waals surface area contributed by atoms with E-state index in [1.54, 1.807) is 12.1 Å². The maximum absolute atomic E-state index is 12.9. The van der Waals surface area contributed by atoms with Crippen LogP contribution in [0.3, 0.4) is 0 Å². The van der Waals surface area contributed by atoms with Gasteiger partial charge in [0, 0.05) is 11.6 Å². The third-order valence-electron chi connectivity index (χ3n) is 4.91. The summed E-state index contributed by atoms with van der Waals surface area (Å²) >= 11 is 0. The van der Waals surface area contributed by atoms with Crippen molar-refractivity contribution >= 4 is 17.9 Å². The lowest BCUT2D eigenvalue weighted by molar-refractivity contribution is 0.101. The number of allylic oxidation sites excluding steroid dienone is 1. The molecule has 31 heavy (non-hydrogen) atoms. The lowest BCUT2D eigenvalue weighted by Gasteiger charge is -2.07. The van der Waals surface area contributed by atoms with E-state index in [-0.39, 0.29) is 11.5 Å². The maximum Gasteiger partial charge on any atom is 0.232 e. The monoisotopic (exact) mass is 412 g/mol. The summed E-state index contributed by atoms with van der Waals surface area (Å²) < 4.78 is 17.4. The standard InChI is InChI=1S/C27H24O4/c1-3-29-23-14-8-7-13-21(23)17-25-27(28)26-19(2)16-22(18-24(26)31-25)30-15-9-12-20-10-5-4-6-11-20/h4-14,16-18H,3,15H2,1-2H3/b12-9+,25-17-. The van der Waals surface area contributed by atoms with E-state index in [4.69, 9.17) is 14.2 Å². The molecule has 4 heteroatoms. The van der Waals surface area contributed by atoms with Crippen molar-refractivity contribution in [3.63, 3.8) is 0 Å². The van der Waals surface area contributed by atoms with Gasteiger partial charge in [0.25, 0.3) is 0 Å². The molecule has 0 amide bonds. The van der Waals surface area contributed by atoms with Gasteiger partial charge < -0.3 is 14.2 Å². The molecule has 0 bridgehead atoms. The topological polar surface area (TPSA) is 44.8 Å². The van der Waals surface area contributed by atoms with Crippen LogP contribution in [-0.2, 0) is 0 Å². The minimum atomic E-state index is -0.130. The van der Waals surface area contributed by atoms with E-state index in [1.165, 1.54) is 0 Å². The van der Waals surface area contributed by atoms with Gasteiger partial charge in [-0.15, -0.1) is 0 Å². The summed E-state index contributed by atoms with van der Waals surface area (Å²) in [5, 5.41) is 0. The predicted octanol–water partition coefficient (Wildman–Crippen LogP) is 6.10. The molecule has 1 aliphatic rings. The predicted molar refractivity (Wildman–Crippen MR) is 123 cm³/mol. The molecule has 0 saturated heterocycles. The van der Waals surface area contributed by atoms with Crippen LogP contribution in [0.5, 0.6) is 17.2 Å². The first-order valence-electron chi connectivity index (χ1n) is 10.3. The minimum Gasteiger partial charge on any atom is -0.493 e. The van der Waals surface area contributed by atoms with Gasteiger partial charge in [0.15, 0.2) is 5.76 Å². The molecule has 1 aliphatic heterocycles. The quantitative estimate of drug-likeness (QED) is 0.440. The Morgan fingerprint density at radius 2 is 1.74 bits per heavy atom. The number of hydrogen-bond acceptors (Lipinski definition) is 4. The van der Waals surface area contributed by atoms with E-state index in [0.717, 1.165) is 22.4 Å². The number of fused-ring (bicyclic) bond motifs is 1. The van der Waals surface area contributed by atoms with Gasteiger partial charge in [0.05, 0.1) is 12.2 Å². The highest BCUT2D eigenvalue weighted by atomic mass is 16.5. The number of ketones is 1. The van der Waals surface area contributed by atoms with Crippen molar-refractivity contribution in [1.82, 2.24) is 0 Å². The van der Waals surface area contributed by atoms with Gasteiger partial charge >= 0.3 is 0 Å². The van der Waals surface area contributed by atoms with E-state index >= 15 is 0 Å². The zero-order valence-electron chi connectivity index (χ0n) is 17.6. The van der Waals surface area contributed by atoms with Crippen molar-refractivity contribution in [3.8, 4) is 17.2 Å². The van der Waals surface area contributed by atoms with Crippen molar-refractivity contribution in [2.24, 2.45) is 0 Å². The fourth-order valence-corrected chi connectivity index (χ4v) is 3.48. The molecular weight excluding hydrogens is 388 g/mol. The van der Waals surface area contributed by atoms with Crippen molar-refractivity contribution in [1.29, 1.82) is 0 Å². The molecular formula is C27H24O4. The number of rotatable bonds is 7. The van der Waals surface area contributed by atoms with Gasteiger partial charge in [0.1, 0.15) is 23.9 Å². The molecule has 3 aromatic rings. The summed E-state index contributed by atoms with van der Waals surface area (Å²) in [5.41, 5.74) is 3.33. The second-order valence-electron chi connectivity index (χ2n) is 7.15. The first-order chi connectivity index (χ1) is 15.2. The molecule has 0 spiro atoms. The van der Waals surface area contributed by atoms with Gasteiger partial charge in [-0.1, -0.05) is 54.6 Å². The van der Waals surface area contributed by atoms with E-state index in [0.29, 0.717) is 30.3 Å². The number of hydrogen-bond donors (Lipinski definition) is 0. The number of benzene rings is 3. The number of aryl methyl sites for hydroxylation is 1. The fraction of sp³-hybridized carbons (Fsp3) is 0.148. The summed E-state index contributed by atoms with van der Waals surface area (Å²) in [6, 6.07) is 21.3. The molecule has 0 N–H and O–H groups in total. The maximum atomic E-state index is 12.9. The summed E-state index contributed by atoms with van der Waals surface area (Å²) in [7, 11) is 0. The zero-order chi connectivity index (χ0) is 21.6. The Kier molecular flexibility index (Phi) is 6.18. The molecule has 1 heterocycles. The summed E-state index contributed by atoms with van der Waals surface area (Å²) in [6.07, 6.45) is 5.70. The Balaban J connectivity index is 1.51. The Labute approximate surface area is 182 Å². The summed E-state index contributed by atoms with van der Waals surface area (Å²) in [5.74, 6) is 2.06. The Morgan fingerprint density at radius 1 is 0.968 bits per heavy atom. The van der Waals surface area contributed by atoms with Crippen LogP contribution in [0.25, 0.3) is 12.2 Å². The Bertz CT molecular complexity index is 1140. The third-order valence-corrected chi connectivity index (χ3v) is 4.91. The average molecular weight is 412 g/mol. The molecule has 4 rings (SSSR count). The Hall–Kier alpha value is -3.79. The number of carbonyl (C=O) groups is 1. The molecule has 0 atom stereocenters. The van der Waals surface area contributed by atoms with Crippen LogP contribution in [0.1, 0.15) is 34.0 Å². The largest absolute Gasteiger partial charge is 0.493 e. The first-order valence-corrected chi connectivity index (χ1v) is 10.3. The molecule has 0 aliphatic carbocycles. The molecule has 3 aromatic carbocycles. The van der Waals surface area contributed by atoms with Gasteiger partial charge in [-0.05, 0) is 49.3 Å². The van der Waals surface area contributed by atoms with Crippen molar-refractivity contribution in [2.75, 3.05) is 13.2 Å². The molecule has 4 nitrogen and oxygen atoms in total. The van der Waals surface area contributed by atoms with Gasteiger partial charge in [-0.2, -0.15) is 0 Å². The van der Waals surface area contributed by atoms with Crippen molar-refractivity contribution < 1.29 is 19.0 Å². The van der Waals surface area contributed by atoms with E-state index in [1.807, 2.05) is 86.7 Å². The number of Topliss-reactive ketones (excluding diaryl/α,β-unsaturated/α-hetero) is 1. The number of ether oxygens (including phenoxy) is 3. The molecule has 0 radical (unpaired) electrons. The van der Waals surface area contributed by atoms with Crippen LogP contribution in [0, 0.1) is 6.92 Å². The van der Waals surface area contributed by atoms with Crippen molar-refractivity contribution in [3.05, 3.63) is 101 Å². The molecule has 0 fully saturated rings. The smallest absolute Gasteiger partial charge is 0.232 e. The SMILES string of the molecule is CCOc1ccccc1/C=C1\Oc2cc(OC/C=C/c3ccccc3)cc(C)c2C1=O. The van der Waals surface area contributed by atoms with Crippen LogP contribution >= 0.6 is 0 Å².